The van der Waals surface area contributed by atoms with Crippen LogP contribution in [0.15, 0.2) is 24.3 Å². The van der Waals surface area contributed by atoms with Gasteiger partial charge in [0.25, 0.3) is 0 Å². The van der Waals surface area contributed by atoms with E-state index in [0.29, 0.717) is 5.92 Å². The van der Waals surface area contributed by atoms with Crippen molar-refractivity contribution in [2.45, 2.75) is 56.0 Å². The maximum atomic E-state index is 5.55. The molecule has 1 aromatic rings. The Balaban J connectivity index is 1.40. The van der Waals surface area contributed by atoms with Crippen LogP contribution < -0.4 is 5.32 Å². The fourth-order valence-electron chi connectivity index (χ4n) is 4.23. The summed E-state index contributed by atoms with van der Waals surface area (Å²) in [5.41, 5.74) is 3.06. The highest BCUT2D eigenvalue weighted by atomic mass is 17.2. The van der Waals surface area contributed by atoms with Gasteiger partial charge in [0.15, 0.2) is 0 Å². The van der Waals surface area contributed by atoms with Gasteiger partial charge in [-0.15, -0.1) is 0 Å². The molecule has 1 saturated carbocycles. The van der Waals surface area contributed by atoms with Crippen LogP contribution in [0.4, 0.5) is 0 Å². The maximum absolute atomic E-state index is 5.55. The highest BCUT2D eigenvalue weighted by Crippen LogP contribution is 2.44. The molecule has 1 aromatic carbocycles. The van der Waals surface area contributed by atoms with Crippen LogP contribution in [0, 0.1) is 0 Å². The lowest BCUT2D eigenvalue weighted by Crippen LogP contribution is -2.32. The summed E-state index contributed by atoms with van der Waals surface area (Å²) in [6.07, 6.45) is 7.11. The molecule has 3 aliphatic rings. The van der Waals surface area contributed by atoms with Crippen LogP contribution in [-0.4, -0.2) is 25.3 Å². The van der Waals surface area contributed by atoms with Crippen LogP contribution in [-0.2, 0) is 9.78 Å². The zero-order valence-electron chi connectivity index (χ0n) is 12.6. The third kappa shape index (κ3) is 2.75. The Bertz CT molecular complexity index is 462. The second kappa shape index (κ2) is 5.71. The van der Waals surface area contributed by atoms with Gasteiger partial charge in [-0.25, -0.2) is 9.78 Å². The Labute approximate surface area is 126 Å². The summed E-state index contributed by atoms with van der Waals surface area (Å²) in [5.74, 6) is 1.42. The van der Waals surface area contributed by atoms with Crippen LogP contribution in [0.2, 0.25) is 0 Å². The number of nitrogens with one attached hydrogen (secondary N) is 1. The lowest BCUT2D eigenvalue weighted by molar-refractivity contribution is -0.314. The molecule has 0 aromatic heterocycles. The molecule has 4 rings (SSSR count). The second-order valence-electron chi connectivity index (χ2n) is 6.97. The van der Waals surface area contributed by atoms with E-state index >= 15 is 0 Å². The molecule has 2 heterocycles. The largest absolute Gasteiger partial charge is 0.316 e. The van der Waals surface area contributed by atoms with Gasteiger partial charge in [0.2, 0.25) is 0 Å². The molecule has 3 fully saturated rings. The lowest BCUT2D eigenvalue weighted by Gasteiger charge is -2.34. The third-order valence-corrected chi connectivity index (χ3v) is 5.71. The van der Waals surface area contributed by atoms with Crippen LogP contribution in [0.5, 0.6) is 0 Å². The van der Waals surface area contributed by atoms with Crippen molar-refractivity contribution in [3.8, 4) is 0 Å². The van der Waals surface area contributed by atoms with Gasteiger partial charge < -0.3 is 5.32 Å². The lowest BCUT2D eigenvalue weighted by atomic mass is 9.75. The Morgan fingerprint density at radius 1 is 0.905 bits per heavy atom. The number of hydrogen-bond donors (Lipinski definition) is 1. The van der Waals surface area contributed by atoms with Crippen molar-refractivity contribution in [3.63, 3.8) is 0 Å². The second-order valence-corrected chi connectivity index (χ2v) is 6.97. The highest BCUT2D eigenvalue weighted by Gasteiger charge is 2.40. The molecule has 1 unspecified atom stereocenters. The molecule has 0 radical (unpaired) electrons. The monoisotopic (exact) mass is 287 g/mol. The van der Waals surface area contributed by atoms with Crippen LogP contribution in [0.1, 0.15) is 61.5 Å². The summed E-state index contributed by atoms with van der Waals surface area (Å²) in [5, 5.41) is 3.45. The predicted octanol–water partition coefficient (Wildman–Crippen LogP) is 3.51. The summed E-state index contributed by atoms with van der Waals surface area (Å²) >= 11 is 0. The van der Waals surface area contributed by atoms with Crippen molar-refractivity contribution in [2.75, 3.05) is 19.7 Å². The van der Waals surface area contributed by atoms with Crippen molar-refractivity contribution in [2.24, 2.45) is 0 Å². The fourth-order valence-corrected chi connectivity index (χ4v) is 4.23. The Morgan fingerprint density at radius 2 is 1.62 bits per heavy atom. The van der Waals surface area contributed by atoms with E-state index in [9.17, 15) is 0 Å². The standard InChI is InChI=1S/C18H25NO2/c1-3-15(17-7-11-19-13-17)4-2-14(1)16-5-8-18(9-6-16)10-12-20-21-18/h1-4,16-17,19H,5-13H2. The molecular formula is C18H25NO2. The minimum Gasteiger partial charge on any atom is -0.316 e. The summed E-state index contributed by atoms with van der Waals surface area (Å²) < 4.78 is 0. The fraction of sp³-hybridized carbons (Fsp3) is 0.667. The minimum atomic E-state index is 0.0476. The SMILES string of the molecule is c1cc(C2CCNC2)ccc1C1CCC2(CCOO2)CC1. The average molecular weight is 287 g/mol. The number of hydrogen-bond acceptors (Lipinski definition) is 3. The van der Waals surface area contributed by atoms with E-state index in [1.807, 2.05) is 0 Å². The zero-order chi connectivity index (χ0) is 14.1. The first kappa shape index (κ1) is 13.7. The summed E-state index contributed by atoms with van der Waals surface area (Å²) in [4.78, 5) is 10.7. The molecule has 0 amide bonds. The molecule has 3 nitrogen and oxygen atoms in total. The topological polar surface area (TPSA) is 30.5 Å². The minimum absolute atomic E-state index is 0.0476. The van der Waals surface area contributed by atoms with Gasteiger partial charge in [-0.2, -0.15) is 0 Å². The molecule has 0 bridgehead atoms. The van der Waals surface area contributed by atoms with Crippen molar-refractivity contribution in [1.29, 1.82) is 0 Å². The van der Waals surface area contributed by atoms with Crippen LogP contribution in [0.25, 0.3) is 0 Å². The third-order valence-electron chi connectivity index (χ3n) is 5.71. The van der Waals surface area contributed by atoms with Gasteiger partial charge in [0, 0.05) is 13.0 Å². The van der Waals surface area contributed by atoms with Gasteiger partial charge >= 0.3 is 0 Å². The molecule has 1 atom stereocenters. The summed E-state index contributed by atoms with van der Waals surface area (Å²) in [6.45, 7) is 3.08. The van der Waals surface area contributed by atoms with E-state index in [4.69, 9.17) is 9.78 Å². The molecule has 21 heavy (non-hydrogen) atoms. The highest BCUT2D eigenvalue weighted by molar-refractivity contribution is 5.29. The molecule has 2 saturated heterocycles. The Kier molecular flexibility index (Phi) is 3.74. The van der Waals surface area contributed by atoms with E-state index in [1.165, 1.54) is 36.9 Å². The van der Waals surface area contributed by atoms with Crippen LogP contribution in [0.3, 0.4) is 0 Å². The molecule has 1 spiro atoms. The Hall–Kier alpha value is -0.900. The van der Waals surface area contributed by atoms with Gasteiger partial charge in [-0.1, -0.05) is 24.3 Å². The molecule has 114 valence electrons. The first-order valence-electron chi connectivity index (χ1n) is 8.46. The van der Waals surface area contributed by atoms with E-state index in [1.54, 1.807) is 0 Å². The van der Waals surface area contributed by atoms with Crippen molar-refractivity contribution in [3.05, 3.63) is 35.4 Å². The predicted molar refractivity (Wildman–Crippen MR) is 82.3 cm³/mol. The Morgan fingerprint density at radius 3 is 2.19 bits per heavy atom. The smallest absolute Gasteiger partial charge is 0.106 e. The molecule has 2 aliphatic heterocycles. The van der Waals surface area contributed by atoms with E-state index in [0.717, 1.165) is 38.3 Å². The van der Waals surface area contributed by atoms with Crippen molar-refractivity contribution in [1.82, 2.24) is 5.32 Å². The first-order chi connectivity index (χ1) is 10.3. The van der Waals surface area contributed by atoms with Crippen molar-refractivity contribution < 1.29 is 9.78 Å². The normalized spacial score (nSPS) is 36.4. The van der Waals surface area contributed by atoms with Gasteiger partial charge in [0.05, 0.1) is 6.61 Å². The number of benzene rings is 1. The number of rotatable bonds is 2. The van der Waals surface area contributed by atoms with E-state index in [2.05, 4.69) is 29.6 Å². The van der Waals surface area contributed by atoms with E-state index < -0.39 is 0 Å². The summed E-state index contributed by atoms with van der Waals surface area (Å²) in [7, 11) is 0. The van der Waals surface area contributed by atoms with Crippen molar-refractivity contribution >= 4 is 0 Å². The molecule has 3 heteroatoms. The van der Waals surface area contributed by atoms with Crippen LogP contribution >= 0.6 is 0 Å². The zero-order valence-corrected chi connectivity index (χ0v) is 12.6. The molecular weight excluding hydrogens is 262 g/mol. The molecule has 1 aliphatic carbocycles. The van der Waals surface area contributed by atoms with E-state index in [-0.39, 0.29) is 5.60 Å². The first-order valence-corrected chi connectivity index (χ1v) is 8.46. The van der Waals surface area contributed by atoms with Gasteiger partial charge in [-0.05, 0) is 61.6 Å². The average Bonchev–Trinajstić information content (AvgIpc) is 3.21. The summed E-state index contributed by atoms with van der Waals surface area (Å²) in [6, 6.07) is 9.43. The quantitative estimate of drug-likeness (QED) is 0.844. The maximum Gasteiger partial charge on any atom is 0.106 e. The van der Waals surface area contributed by atoms with Gasteiger partial charge in [-0.3, -0.25) is 0 Å². The van der Waals surface area contributed by atoms with Gasteiger partial charge in [0.1, 0.15) is 5.60 Å². The molecule has 1 N–H and O–H groups in total.